The van der Waals surface area contributed by atoms with Crippen LogP contribution in [0.2, 0.25) is 0 Å². The Bertz CT molecular complexity index is 1060. The minimum atomic E-state index is -1.28. The van der Waals surface area contributed by atoms with Gasteiger partial charge in [0.1, 0.15) is 11.4 Å². The summed E-state index contributed by atoms with van der Waals surface area (Å²) in [6.45, 7) is 3.36. The van der Waals surface area contributed by atoms with Crippen LogP contribution >= 0.6 is 12.4 Å². The predicted molar refractivity (Wildman–Crippen MR) is 107 cm³/mol. The van der Waals surface area contributed by atoms with Crippen molar-refractivity contribution >= 4 is 35.0 Å². The highest BCUT2D eigenvalue weighted by Gasteiger charge is 2.48. The number of carboxylic acids is 1. The Hall–Kier alpha value is -2.12. The SMILES string of the molecule is CC1Cc2c(N3CC[C@@H](C4(N)CC4)C3)c(F)cc3cc(C(=O)O)c(=O)n1c23.Cl. The monoisotopic (exact) mass is 407 g/mol. The first kappa shape index (κ1) is 19.2. The van der Waals surface area contributed by atoms with Crippen molar-refractivity contribution in [2.45, 2.75) is 44.2 Å². The third-order valence-electron chi connectivity index (χ3n) is 6.66. The molecule has 1 unspecified atom stereocenters. The Morgan fingerprint density at radius 1 is 1.36 bits per heavy atom. The van der Waals surface area contributed by atoms with Gasteiger partial charge in [0.25, 0.3) is 5.56 Å². The maximum absolute atomic E-state index is 15.1. The maximum atomic E-state index is 15.1. The molecule has 1 aliphatic carbocycles. The number of benzene rings is 1. The van der Waals surface area contributed by atoms with Crippen LogP contribution in [0.15, 0.2) is 16.9 Å². The Labute approximate surface area is 167 Å². The molecule has 28 heavy (non-hydrogen) atoms. The minimum Gasteiger partial charge on any atom is -0.477 e. The summed E-state index contributed by atoms with van der Waals surface area (Å²) < 4.78 is 16.7. The largest absolute Gasteiger partial charge is 0.477 e. The lowest BCUT2D eigenvalue weighted by atomic mass is 9.97. The van der Waals surface area contributed by atoms with Gasteiger partial charge in [-0.05, 0) is 50.7 Å². The van der Waals surface area contributed by atoms with Crippen molar-refractivity contribution in [1.82, 2.24) is 4.57 Å². The number of halogens is 2. The van der Waals surface area contributed by atoms with Gasteiger partial charge in [-0.15, -0.1) is 12.4 Å². The van der Waals surface area contributed by atoms with Gasteiger partial charge in [0, 0.05) is 35.6 Å². The highest BCUT2D eigenvalue weighted by atomic mass is 35.5. The molecular weight excluding hydrogens is 385 g/mol. The number of carbonyl (C=O) groups is 1. The molecule has 1 aromatic carbocycles. The van der Waals surface area contributed by atoms with Crippen molar-refractivity contribution in [3.63, 3.8) is 0 Å². The van der Waals surface area contributed by atoms with Gasteiger partial charge >= 0.3 is 5.97 Å². The Morgan fingerprint density at radius 3 is 2.71 bits per heavy atom. The fourth-order valence-electron chi connectivity index (χ4n) is 5.03. The quantitative estimate of drug-likeness (QED) is 0.816. The number of anilines is 1. The summed E-state index contributed by atoms with van der Waals surface area (Å²) in [6.07, 6.45) is 3.55. The number of hydrogen-bond acceptors (Lipinski definition) is 4. The Balaban J connectivity index is 0.00000192. The fourth-order valence-corrected chi connectivity index (χ4v) is 5.03. The van der Waals surface area contributed by atoms with Crippen LogP contribution in [0.1, 0.15) is 48.1 Å². The topological polar surface area (TPSA) is 88.6 Å². The summed E-state index contributed by atoms with van der Waals surface area (Å²) >= 11 is 0. The van der Waals surface area contributed by atoms with Crippen LogP contribution in [0.5, 0.6) is 0 Å². The molecule has 2 aromatic rings. The fraction of sp³-hybridized carbons (Fsp3) is 0.500. The lowest BCUT2D eigenvalue weighted by molar-refractivity contribution is 0.0694. The van der Waals surface area contributed by atoms with E-state index >= 15 is 4.39 Å². The molecule has 2 aliphatic heterocycles. The van der Waals surface area contributed by atoms with E-state index in [9.17, 15) is 14.7 Å². The number of pyridine rings is 1. The lowest BCUT2D eigenvalue weighted by Gasteiger charge is -2.24. The third kappa shape index (κ3) is 2.56. The van der Waals surface area contributed by atoms with Crippen LogP contribution in [0.25, 0.3) is 10.9 Å². The van der Waals surface area contributed by atoms with E-state index in [1.807, 2.05) is 6.92 Å². The normalized spacial score (nSPS) is 24.5. The molecule has 5 rings (SSSR count). The van der Waals surface area contributed by atoms with E-state index in [1.54, 1.807) is 0 Å². The van der Waals surface area contributed by atoms with E-state index in [-0.39, 0.29) is 35.4 Å². The molecule has 3 N–H and O–H groups in total. The van der Waals surface area contributed by atoms with Gasteiger partial charge in [-0.25, -0.2) is 9.18 Å². The number of rotatable bonds is 3. The predicted octanol–water partition coefficient (Wildman–Crippen LogP) is 2.70. The van der Waals surface area contributed by atoms with Gasteiger partial charge < -0.3 is 20.3 Å². The van der Waals surface area contributed by atoms with Gasteiger partial charge in [-0.1, -0.05) is 0 Å². The summed E-state index contributed by atoms with van der Waals surface area (Å²) in [5, 5.41) is 9.80. The van der Waals surface area contributed by atoms with Crippen LogP contribution in [0, 0.1) is 11.7 Å². The number of nitrogens with zero attached hydrogens (tertiary/aromatic N) is 2. The summed E-state index contributed by atoms with van der Waals surface area (Å²) in [7, 11) is 0. The zero-order chi connectivity index (χ0) is 19.1. The molecule has 1 aromatic heterocycles. The minimum absolute atomic E-state index is 0. The molecule has 0 radical (unpaired) electrons. The lowest BCUT2D eigenvalue weighted by Crippen LogP contribution is -2.34. The first-order valence-corrected chi connectivity index (χ1v) is 9.48. The number of aromatic nitrogens is 1. The molecule has 6 nitrogen and oxygen atoms in total. The first-order chi connectivity index (χ1) is 12.8. The molecule has 2 atom stereocenters. The van der Waals surface area contributed by atoms with Gasteiger partial charge in [-0.3, -0.25) is 4.79 Å². The van der Waals surface area contributed by atoms with E-state index in [0.29, 0.717) is 28.9 Å². The zero-order valence-electron chi connectivity index (χ0n) is 15.6. The average molecular weight is 408 g/mol. The maximum Gasteiger partial charge on any atom is 0.341 e. The van der Waals surface area contributed by atoms with Crippen molar-refractivity contribution in [2.24, 2.45) is 11.7 Å². The van der Waals surface area contributed by atoms with Crippen molar-refractivity contribution in [2.75, 3.05) is 18.0 Å². The van der Waals surface area contributed by atoms with E-state index in [2.05, 4.69) is 4.90 Å². The highest BCUT2D eigenvalue weighted by molar-refractivity contribution is 5.96. The number of hydrogen-bond donors (Lipinski definition) is 2. The second-order valence-electron chi connectivity index (χ2n) is 8.38. The van der Waals surface area contributed by atoms with Crippen LogP contribution in [0.4, 0.5) is 10.1 Å². The van der Waals surface area contributed by atoms with E-state index in [1.165, 1.54) is 16.7 Å². The van der Waals surface area contributed by atoms with Crippen molar-refractivity contribution < 1.29 is 14.3 Å². The van der Waals surface area contributed by atoms with Crippen molar-refractivity contribution in [3.8, 4) is 0 Å². The first-order valence-electron chi connectivity index (χ1n) is 9.48. The molecule has 3 heterocycles. The molecular formula is C20H23ClFN3O3. The van der Waals surface area contributed by atoms with Crippen LogP contribution in [-0.2, 0) is 6.42 Å². The molecule has 2 fully saturated rings. The molecule has 1 saturated heterocycles. The standard InChI is InChI=1S/C20H22FN3O3.ClH/c1-10-6-13-16-11(7-14(19(26)27)18(25)24(10)16)8-15(21)17(13)23-5-2-12(9-23)20(22)3-4-20;/h7-8,10,12H,2-6,9,22H2,1H3,(H,26,27);1H/t10?,12-;/m1./s1. The van der Waals surface area contributed by atoms with E-state index < -0.39 is 11.5 Å². The Kier molecular flexibility index (Phi) is 4.25. The number of aromatic carboxylic acids is 1. The number of nitrogens with two attached hydrogens (primary N) is 1. The smallest absolute Gasteiger partial charge is 0.341 e. The Morgan fingerprint density at radius 2 is 2.07 bits per heavy atom. The summed E-state index contributed by atoms with van der Waals surface area (Å²) in [5.41, 5.74) is 7.50. The van der Waals surface area contributed by atoms with Crippen molar-refractivity contribution in [1.29, 1.82) is 0 Å². The summed E-state index contributed by atoms with van der Waals surface area (Å²) in [6, 6.07) is 2.48. The molecule has 0 amide bonds. The molecule has 0 bridgehead atoms. The molecule has 8 heteroatoms. The molecule has 0 spiro atoms. The second kappa shape index (κ2) is 6.19. The van der Waals surface area contributed by atoms with E-state index in [0.717, 1.165) is 37.9 Å². The van der Waals surface area contributed by atoms with Gasteiger partial charge in [0.2, 0.25) is 0 Å². The van der Waals surface area contributed by atoms with Gasteiger partial charge in [-0.2, -0.15) is 0 Å². The van der Waals surface area contributed by atoms with Crippen LogP contribution in [0.3, 0.4) is 0 Å². The van der Waals surface area contributed by atoms with Crippen LogP contribution < -0.4 is 16.2 Å². The molecule has 3 aliphatic rings. The second-order valence-corrected chi connectivity index (χ2v) is 8.38. The van der Waals surface area contributed by atoms with Crippen LogP contribution in [-0.4, -0.2) is 34.3 Å². The third-order valence-corrected chi connectivity index (χ3v) is 6.66. The molecule has 150 valence electrons. The average Bonchev–Trinajstić information content (AvgIpc) is 3.03. The summed E-state index contributed by atoms with van der Waals surface area (Å²) in [5.74, 6) is -1.26. The molecule has 1 saturated carbocycles. The zero-order valence-corrected chi connectivity index (χ0v) is 16.4. The van der Waals surface area contributed by atoms with Gasteiger partial charge in [0.05, 0.1) is 11.2 Å². The van der Waals surface area contributed by atoms with Gasteiger partial charge in [0.15, 0.2) is 0 Å². The summed E-state index contributed by atoms with van der Waals surface area (Å²) in [4.78, 5) is 26.2. The number of carboxylic acid groups (broad SMARTS) is 1. The van der Waals surface area contributed by atoms with Crippen molar-refractivity contribution in [3.05, 3.63) is 39.4 Å². The van der Waals surface area contributed by atoms with E-state index in [4.69, 9.17) is 5.73 Å². The highest BCUT2D eigenvalue weighted by Crippen LogP contribution is 2.46.